The zero-order valence-electron chi connectivity index (χ0n) is 10.7. The Bertz CT molecular complexity index is 875. The molecule has 2 aliphatic rings. The summed E-state index contributed by atoms with van der Waals surface area (Å²) in [6.07, 6.45) is 2.11. The SMILES string of the molecule is C1=C2Nc3ccccc3N2Cn2c1nc1ccccc12. The molecule has 0 saturated heterocycles. The number of imidazole rings is 1. The van der Waals surface area contributed by atoms with Crippen molar-refractivity contribution in [3.63, 3.8) is 0 Å². The molecule has 3 heterocycles. The normalized spacial score (nSPS) is 15.4. The second-order valence-corrected chi connectivity index (χ2v) is 5.13. The van der Waals surface area contributed by atoms with E-state index in [4.69, 9.17) is 4.98 Å². The van der Waals surface area contributed by atoms with E-state index in [1.54, 1.807) is 0 Å². The lowest BCUT2D eigenvalue weighted by molar-refractivity contribution is 0.692. The van der Waals surface area contributed by atoms with Crippen LogP contribution in [-0.2, 0) is 6.67 Å². The van der Waals surface area contributed by atoms with Gasteiger partial charge in [-0.05, 0) is 24.3 Å². The first-order chi connectivity index (χ1) is 9.90. The molecule has 2 aliphatic heterocycles. The van der Waals surface area contributed by atoms with Crippen molar-refractivity contribution in [1.82, 2.24) is 9.55 Å². The van der Waals surface area contributed by atoms with E-state index in [1.807, 2.05) is 6.07 Å². The lowest BCUT2D eigenvalue weighted by Crippen LogP contribution is -2.28. The van der Waals surface area contributed by atoms with Gasteiger partial charge in [-0.1, -0.05) is 24.3 Å². The number of nitrogens with zero attached hydrogens (tertiary/aromatic N) is 3. The molecule has 0 spiro atoms. The summed E-state index contributed by atoms with van der Waals surface area (Å²) in [6.45, 7) is 0.797. The molecule has 0 unspecified atom stereocenters. The molecule has 20 heavy (non-hydrogen) atoms. The molecule has 0 atom stereocenters. The molecule has 0 saturated carbocycles. The van der Waals surface area contributed by atoms with E-state index < -0.39 is 0 Å². The molecule has 96 valence electrons. The number of anilines is 2. The van der Waals surface area contributed by atoms with Crippen LogP contribution >= 0.6 is 0 Å². The average molecular weight is 260 g/mol. The van der Waals surface area contributed by atoms with Crippen LogP contribution in [0.2, 0.25) is 0 Å². The lowest BCUT2D eigenvalue weighted by atomic mass is 10.2. The molecule has 2 aromatic carbocycles. The summed E-state index contributed by atoms with van der Waals surface area (Å²) in [5.41, 5.74) is 4.62. The van der Waals surface area contributed by atoms with Crippen LogP contribution in [0.1, 0.15) is 5.82 Å². The zero-order chi connectivity index (χ0) is 13.1. The minimum absolute atomic E-state index is 0.797. The summed E-state index contributed by atoms with van der Waals surface area (Å²) < 4.78 is 2.25. The maximum atomic E-state index is 4.70. The first kappa shape index (κ1) is 10.1. The van der Waals surface area contributed by atoms with Crippen LogP contribution in [0.3, 0.4) is 0 Å². The third kappa shape index (κ3) is 1.18. The van der Waals surface area contributed by atoms with Gasteiger partial charge >= 0.3 is 0 Å². The number of rotatable bonds is 0. The van der Waals surface area contributed by atoms with Gasteiger partial charge in [-0.15, -0.1) is 0 Å². The molecule has 0 aliphatic carbocycles. The average Bonchev–Trinajstić information content (AvgIpc) is 3.02. The van der Waals surface area contributed by atoms with E-state index in [0.29, 0.717) is 0 Å². The van der Waals surface area contributed by atoms with Crippen molar-refractivity contribution in [2.75, 3.05) is 10.2 Å². The van der Waals surface area contributed by atoms with Crippen LogP contribution in [0.5, 0.6) is 0 Å². The molecule has 5 rings (SSSR count). The van der Waals surface area contributed by atoms with Crippen LogP contribution in [0.4, 0.5) is 11.4 Å². The molecular weight excluding hydrogens is 248 g/mol. The maximum absolute atomic E-state index is 4.70. The Labute approximate surface area is 116 Å². The Morgan fingerprint density at radius 3 is 2.85 bits per heavy atom. The smallest absolute Gasteiger partial charge is 0.138 e. The highest BCUT2D eigenvalue weighted by molar-refractivity contribution is 5.86. The van der Waals surface area contributed by atoms with E-state index in [-0.39, 0.29) is 0 Å². The summed E-state index contributed by atoms with van der Waals surface area (Å²) in [6, 6.07) is 16.7. The fraction of sp³-hybridized carbons (Fsp3) is 0.0625. The summed E-state index contributed by atoms with van der Waals surface area (Å²) in [5.74, 6) is 2.12. The van der Waals surface area contributed by atoms with E-state index in [1.165, 1.54) is 11.2 Å². The second kappa shape index (κ2) is 3.42. The quantitative estimate of drug-likeness (QED) is 0.673. The van der Waals surface area contributed by atoms with Gasteiger partial charge in [0.1, 0.15) is 18.3 Å². The molecule has 0 fully saturated rings. The maximum Gasteiger partial charge on any atom is 0.138 e. The predicted octanol–water partition coefficient (Wildman–Crippen LogP) is 3.24. The number of para-hydroxylation sites is 4. The van der Waals surface area contributed by atoms with Gasteiger partial charge in [0.2, 0.25) is 0 Å². The Morgan fingerprint density at radius 2 is 1.85 bits per heavy atom. The van der Waals surface area contributed by atoms with Gasteiger partial charge in [-0.25, -0.2) is 4.98 Å². The van der Waals surface area contributed by atoms with Crippen molar-refractivity contribution in [2.24, 2.45) is 0 Å². The van der Waals surface area contributed by atoms with Gasteiger partial charge in [0.25, 0.3) is 0 Å². The molecule has 0 radical (unpaired) electrons. The Balaban J connectivity index is 1.73. The van der Waals surface area contributed by atoms with Crippen LogP contribution in [0.15, 0.2) is 54.4 Å². The molecule has 0 amide bonds. The largest absolute Gasteiger partial charge is 0.340 e. The Morgan fingerprint density at radius 1 is 1.00 bits per heavy atom. The molecule has 1 N–H and O–H groups in total. The third-order valence-electron chi connectivity index (χ3n) is 3.98. The molecule has 3 aromatic rings. The molecule has 4 heteroatoms. The fourth-order valence-electron chi connectivity index (χ4n) is 3.03. The second-order valence-electron chi connectivity index (χ2n) is 5.13. The fourth-order valence-corrected chi connectivity index (χ4v) is 3.03. The van der Waals surface area contributed by atoms with Crippen molar-refractivity contribution in [3.05, 3.63) is 60.2 Å². The highest BCUT2D eigenvalue weighted by Crippen LogP contribution is 2.39. The van der Waals surface area contributed by atoms with Crippen molar-refractivity contribution < 1.29 is 0 Å². The minimum atomic E-state index is 0.797. The van der Waals surface area contributed by atoms with Crippen molar-refractivity contribution in [3.8, 4) is 0 Å². The molecule has 0 bridgehead atoms. The van der Waals surface area contributed by atoms with Crippen LogP contribution in [-0.4, -0.2) is 9.55 Å². The van der Waals surface area contributed by atoms with Gasteiger partial charge in [-0.2, -0.15) is 0 Å². The number of aromatic nitrogens is 2. The third-order valence-corrected chi connectivity index (χ3v) is 3.98. The summed E-state index contributed by atoms with van der Waals surface area (Å²) in [5, 5.41) is 3.46. The number of hydrogen-bond acceptors (Lipinski definition) is 3. The molecule has 4 nitrogen and oxygen atoms in total. The standard InChI is InChI=1S/C16H12N4/c1-3-7-13-11(5-1)17-15-9-16-18-12-6-2-4-8-14(12)20(16)10-19(13)15/h1-9,17H,10H2. The number of benzene rings is 2. The van der Waals surface area contributed by atoms with E-state index in [9.17, 15) is 0 Å². The van der Waals surface area contributed by atoms with E-state index in [0.717, 1.165) is 29.5 Å². The van der Waals surface area contributed by atoms with Gasteiger partial charge in [0, 0.05) is 6.08 Å². The van der Waals surface area contributed by atoms with Crippen LogP contribution in [0.25, 0.3) is 17.1 Å². The van der Waals surface area contributed by atoms with Gasteiger partial charge < -0.3 is 14.8 Å². The van der Waals surface area contributed by atoms with E-state index >= 15 is 0 Å². The van der Waals surface area contributed by atoms with E-state index in [2.05, 4.69) is 63.3 Å². The molecule has 1 aromatic heterocycles. The number of nitrogens with one attached hydrogen (secondary N) is 1. The summed E-state index contributed by atoms with van der Waals surface area (Å²) in [4.78, 5) is 6.98. The van der Waals surface area contributed by atoms with Gasteiger partial charge in [0.15, 0.2) is 0 Å². The van der Waals surface area contributed by atoms with Crippen molar-refractivity contribution in [2.45, 2.75) is 6.67 Å². The Kier molecular flexibility index (Phi) is 1.72. The van der Waals surface area contributed by atoms with Gasteiger partial charge in [-0.3, -0.25) is 0 Å². The van der Waals surface area contributed by atoms with Crippen LogP contribution < -0.4 is 10.2 Å². The first-order valence-electron chi connectivity index (χ1n) is 6.71. The molecular formula is C16H12N4. The highest BCUT2D eigenvalue weighted by atomic mass is 15.4. The van der Waals surface area contributed by atoms with Crippen molar-refractivity contribution in [1.29, 1.82) is 0 Å². The number of hydrogen-bond donors (Lipinski definition) is 1. The highest BCUT2D eigenvalue weighted by Gasteiger charge is 2.28. The summed E-state index contributed by atoms with van der Waals surface area (Å²) >= 11 is 0. The minimum Gasteiger partial charge on any atom is -0.340 e. The monoisotopic (exact) mass is 260 g/mol. The lowest BCUT2D eigenvalue weighted by Gasteiger charge is -2.25. The van der Waals surface area contributed by atoms with Gasteiger partial charge in [0.05, 0.1) is 22.4 Å². The zero-order valence-corrected chi connectivity index (χ0v) is 10.7. The van der Waals surface area contributed by atoms with Crippen molar-refractivity contribution >= 4 is 28.5 Å². The Hall–Kier alpha value is -2.75. The first-order valence-corrected chi connectivity index (χ1v) is 6.71. The topological polar surface area (TPSA) is 33.1 Å². The van der Waals surface area contributed by atoms with Crippen LogP contribution in [0, 0.1) is 0 Å². The predicted molar refractivity (Wildman–Crippen MR) is 80.3 cm³/mol. The number of fused-ring (bicyclic) bond motifs is 6. The summed E-state index contributed by atoms with van der Waals surface area (Å²) in [7, 11) is 0.